The third-order valence-electron chi connectivity index (χ3n) is 4.39. The van der Waals surface area contributed by atoms with Gasteiger partial charge in [0.25, 0.3) is 10.1 Å². The Bertz CT molecular complexity index is 1190. The maximum atomic E-state index is 13.0. The minimum Gasteiger partial charge on any atom is -0.508 e. The molecule has 0 amide bonds. The molecule has 0 aromatic heterocycles. The molecule has 0 radical (unpaired) electrons. The molecule has 3 aromatic rings. The van der Waals surface area contributed by atoms with Gasteiger partial charge in [0.15, 0.2) is 4.75 Å². The van der Waals surface area contributed by atoms with Crippen molar-refractivity contribution in [3.05, 3.63) is 91.4 Å². The SMILES string of the molecule is O=S(=O)(O)C(c1cccc(O)c1)(c1cc(Cl)c(Cl)c(Cl)c1)c1cccc(O)c1Cl. The Morgan fingerprint density at radius 1 is 0.759 bits per heavy atom. The molecule has 152 valence electrons. The van der Waals surface area contributed by atoms with Gasteiger partial charge in [-0.25, -0.2) is 0 Å². The quantitative estimate of drug-likeness (QED) is 0.239. The van der Waals surface area contributed by atoms with Gasteiger partial charge in [-0.1, -0.05) is 70.7 Å². The third kappa shape index (κ3) is 3.65. The van der Waals surface area contributed by atoms with E-state index >= 15 is 0 Å². The highest BCUT2D eigenvalue weighted by atomic mass is 35.5. The smallest absolute Gasteiger partial charge is 0.283 e. The molecular weight excluding hydrogens is 482 g/mol. The molecule has 5 nitrogen and oxygen atoms in total. The number of phenolic OH excluding ortho intramolecular Hbond substituents is 2. The van der Waals surface area contributed by atoms with E-state index < -0.39 is 20.6 Å². The lowest BCUT2D eigenvalue weighted by Crippen LogP contribution is -2.38. The standard InChI is InChI=1S/C19H12Cl4O5S/c20-14-8-11(9-15(21)18(14)23)19(29(26,27)28,10-3-1-4-12(24)7-10)13-5-2-6-16(25)17(13)22/h1-9,24-25H,(H,26,27,28). The van der Waals surface area contributed by atoms with E-state index in [1.54, 1.807) is 0 Å². The fourth-order valence-corrected chi connectivity index (χ4v) is 5.40. The normalized spacial score (nSPS) is 13.8. The topological polar surface area (TPSA) is 94.8 Å². The highest BCUT2D eigenvalue weighted by Crippen LogP contribution is 2.50. The highest BCUT2D eigenvalue weighted by molar-refractivity contribution is 7.87. The first-order chi connectivity index (χ1) is 13.5. The van der Waals surface area contributed by atoms with Crippen molar-refractivity contribution in [2.24, 2.45) is 0 Å². The maximum Gasteiger partial charge on any atom is 0.283 e. The first-order valence-corrected chi connectivity index (χ1v) is 10.8. The van der Waals surface area contributed by atoms with Crippen LogP contribution in [0.15, 0.2) is 54.6 Å². The van der Waals surface area contributed by atoms with E-state index in [-0.39, 0.29) is 42.5 Å². The summed E-state index contributed by atoms with van der Waals surface area (Å²) in [5, 5.41) is 19.6. The molecule has 0 aliphatic carbocycles. The maximum absolute atomic E-state index is 13.0. The van der Waals surface area contributed by atoms with E-state index in [0.717, 1.165) is 6.07 Å². The van der Waals surface area contributed by atoms with Crippen LogP contribution in [0, 0.1) is 0 Å². The van der Waals surface area contributed by atoms with E-state index in [4.69, 9.17) is 46.4 Å². The monoisotopic (exact) mass is 492 g/mol. The van der Waals surface area contributed by atoms with Crippen LogP contribution >= 0.6 is 46.4 Å². The Hall–Kier alpha value is -1.67. The van der Waals surface area contributed by atoms with Crippen LogP contribution in [-0.2, 0) is 14.9 Å². The average Bonchev–Trinajstić information content (AvgIpc) is 2.62. The zero-order valence-corrected chi connectivity index (χ0v) is 18.1. The summed E-state index contributed by atoms with van der Waals surface area (Å²) < 4.78 is 34.0. The predicted octanol–water partition coefficient (Wildman–Crippen LogP) is 5.89. The Morgan fingerprint density at radius 2 is 1.34 bits per heavy atom. The van der Waals surface area contributed by atoms with E-state index in [2.05, 4.69) is 0 Å². The molecule has 0 saturated carbocycles. The Balaban J connectivity index is 2.61. The predicted molar refractivity (Wildman–Crippen MR) is 114 cm³/mol. The molecule has 29 heavy (non-hydrogen) atoms. The summed E-state index contributed by atoms with van der Waals surface area (Å²) in [6.07, 6.45) is 0. The van der Waals surface area contributed by atoms with Crippen molar-refractivity contribution in [3.63, 3.8) is 0 Å². The minimum absolute atomic E-state index is 0.0146. The summed E-state index contributed by atoms with van der Waals surface area (Å²) in [4.78, 5) is 0. The summed E-state index contributed by atoms with van der Waals surface area (Å²) >= 11 is 24.5. The summed E-state index contributed by atoms with van der Waals surface area (Å²) in [7, 11) is -5.06. The van der Waals surface area contributed by atoms with Crippen molar-refractivity contribution in [2.75, 3.05) is 0 Å². The lowest BCUT2D eigenvalue weighted by molar-refractivity contribution is 0.455. The van der Waals surface area contributed by atoms with Crippen LogP contribution in [0.4, 0.5) is 0 Å². The fourth-order valence-electron chi connectivity index (χ4n) is 3.19. The van der Waals surface area contributed by atoms with E-state index in [1.807, 2.05) is 0 Å². The molecule has 10 heteroatoms. The van der Waals surface area contributed by atoms with Gasteiger partial charge in [-0.15, -0.1) is 0 Å². The summed E-state index contributed by atoms with van der Waals surface area (Å²) in [6.45, 7) is 0. The van der Waals surface area contributed by atoms with Gasteiger partial charge in [0.05, 0.1) is 20.1 Å². The number of hydrogen-bond acceptors (Lipinski definition) is 4. The van der Waals surface area contributed by atoms with Crippen LogP contribution < -0.4 is 0 Å². The van der Waals surface area contributed by atoms with Crippen molar-refractivity contribution in [2.45, 2.75) is 4.75 Å². The molecule has 3 rings (SSSR count). The van der Waals surface area contributed by atoms with Crippen LogP contribution in [0.1, 0.15) is 16.7 Å². The van der Waals surface area contributed by atoms with Gasteiger partial charge in [-0.3, -0.25) is 4.55 Å². The van der Waals surface area contributed by atoms with Crippen LogP contribution in [0.25, 0.3) is 0 Å². The molecule has 0 saturated heterocycles. The Morgan fingerprint density at radius 3 is 1.90 bits per heavy atom. The van der Waals surface area contributed by atoms with Crippen LogP contribution in [0.5, 0.6) is 11.5 Å². The molecule has 1 unspecified atom stereocenters. The number of phenols is 2. The molecule has 0 bridgehead atoms. The molecule has 0 heterocycles. The van der Waals surface area contributed by atoms with Crippen LogP contribution in [0.2, 0.25) is 20.1 Å². The number of aromatic hydroxyl groups is 2. The first-order valence-electron chi connectivity index (χ1n) is 7.89. The second-order valence-electron chi connectivity index (χ2n) is 6.10. The second kappa shape index (κ2) is 7.87. The summed E-state index contributed by atoms with van der Waals surface area (Å²) in [5.41, 5.74) is -0.346. The van der Waals surface area contributed by atoms with Crippen LogP contribution in [-0.4, -0.2) is 23.2 Å². The summed E-state index contributed by atoms with van der Waals surface area (Å²) in [6, 6.07) is 11.6. The molecule has 0 aliphatic rings. The average molecular weight is 494 g/mol. The molecular formula is C19H12Cl4O5S. The van der Waals surface area contributed by atoms with Gasteiger partial charge < -0.3 is 10.2 Å². The zero-order valence-electron chi connectivity index (χ0n) is 14.3. The first kappa shape index (κ1) is 22.0. The summed E-state index contributed by atoms with van der Waals surface area (Å²) in [5.74, 6) is -0.679. The number of halogens is 4. The van der Waals surface area contributed by atoms with E-state index in [1.165, 1.54) is 48.5 Å². The lowest BCUT2D eigenvalue weighted by atomic mass is 9.83. The Kier molecular flexibility index (Phi) is 5.98. The second-order valence-corrected chi connectivity index (χ2v) is 9.23. The zero-order chi connectivity index (χ0) is 21.6. The van der Waals surface area contributed by atoms with Crippen molar-refractivity contribution in [1.82, 2.24) is 0 Å². The van der Waals surface area contributed by atoms with Gasteiger partial charge in [-0.05, 0) is 41.5 Å². The van der Waals surface area contributed by atoms with Crippen molar-refractivity contribution < 1.29 is 23.2 Å². The largest absolute Gasteiger partial charge is 0.508 e. The van der Waals surface area contributed by atoms with E-state index in [9.17, 15) is 23.2 Å². The number of benzene rings is 3. The minimum atomic E-state index is -5.06. The molecule has 0 aliphatic heterocycles. The molecule has 3 aromatic carbocycles. The highest BCUT2D eigenvalue weighted by Gasteiger charge is 2.50. The van der Waals surface area contributed by atoms with Gasteiger partial charge in [0.1, 0.15) is 11.5 Å². The molecule has 0 spiro atoms. The van der Waals surface area contributed by atoms with Gasteiger partial charge >= 0.3 is 0 Å². The number of hydrogen-bond donors (Lipinski definition) is 3. The van der Waals surface area contributed by atoms with Crippen molar-refractivity contribution >= 4 is 56.5 Å². The van der Waals surface area contributed by atoms with Crippen molar-refractivity contribution in [1.29, 1.82) is 0 Å². The third-order valence-corrected chi connectivity index (χ3v) is 7.45. The molecule has 1 atom stereocenters. The number of rotatable bonds is 4. The Labute approximate surface area is 186 Å². The van der Waals surface area contributed by atoms with Gasteiger partial charge in [0.2, 0.25) is 0 Å². The van der Waals surface area contributed by atoms with Gasteiger partial charge in [-0.2, -0.15) is 8.42 Å². The van der Waals surface area contributed by atoms with Crippen molar-refractivity contribution in [3.8, 4) is 11.5 Å². The van der Waals surface area contributed by atoms with Crippen LogP contribution in [0.3, 0.4) is 0 Å². The molecule has 3 N–H and O–H groups in total. The molecule has 0 fully saturated rings. The lowest BCUT2D eigenvalue weighted by Gasteiger charge is -2.33. The van der Waals surface area contributed by atoms with Gasteiger partial charge in [0, 0.05) is 5.56 Å². The van der Waals surface area contributed by atoms with E-state index in [0.29, 0.717) is 0 Å². The fraction of sp³-hybridized carbons (Fsp3) is 0.0526.